The zero-order valence-corrected chi connectivity index (χ0v) is 8.58. The molecule has 0 unspecified atom stereocenters. The van der Waals surface area contributed by atoms with Crippen molar-refractivity contribution >= 4 is 21.9 Å². The third-order valence-corrected chi connectivity index (χ3v) is 2.37. The lowest BCUT2D eigenvalue weighted by molar-refractivity contribution is -0.136. The van der Waals surface area contributed by atoms with Crippen LogP contribution in [0, 0.1) is 11.3 Å². The number of halogens is 1. The molecule has 0 saturated carbocycles. The maximum atomic E-state index is 10.4. The Labute approximate surface area is 88.5 Å². The third kappa shape index (κ3) is 2.24. The van der Waals surface area contributed by atoms with Gasteiger partial charge in [0.25, 0.3) is 0 Å². The predicted molar refractivity (Wildman–Crippen MR) is 51.9 cm³/mol. The van der Waals surface area contributed by atoms with Gasteiger partial charge in [0.15, 0.2) is 0 Å². The van der Waals surface area contributed by atoms with Crippen molar-refractivity contribution in [1.29, 1.82) is 5.26 Å². The van der Waals surface area contributed by atoms with Crippen molar-refractivity contribution in [3.63, 3.8) is 0 Å². The second-order valence-corrected chi connectivity index (χ2v) is 3.50. The Morgan fingerprint density at radius 2 is 2.21 bits per heavy atom. The molecule has 0 aliphatic carbocycles. The molecule has 0 fully saturated rings. The molecular weight excluding hydrogens is 250 g/mol. The number of rotatable bonds is 2. The fourth-order valence-corrected chi connectivity index (χ4v) is 1.48. The van der Waals surface area contributed by atoms with Gasteiger partial charge in [-0.15, -0.1) is 0 Å². The molecule has 72 valence electrons. The number of phenolic OH excluding ortho intramolecular Hbond substituents is 1. The second kappa shape index (κ2) is 4.11. The van der Waals surface area contributed by atoms with Gasteiger partial charge in [-0.05, 0) is 17.7 Å². The van der Waals surface area contributed by atoms with E-state index in [0.717, 1.165) is 0 Å². The first-order valence-electron chi connectivity index (χ1n) is 3.68. The van der Waals surface area contributed by atoms with Crippen LogP contribution in [0.1, 0.15) is 11.1 Å². The number of aromatic hydroxyl groups is 1. The summed E-state index contributed by atoms with van der Waals surface area (Å²) in [5.41, 5.74) is 0.556. The van der Waals surface area contributed by atoms with Gasteiger partial charge in [0, 0.05) is 4.47 Å². The zero-order valence-electron chi connectivity index (χ0n) is 6.99. The van der Waals surface area contributed by atoms with Crippen LogP contribution in [0.3, 0.4) is 0 Å². The number of nitriles is 1. The molecule has 1 aromatic rings. The summed E-state index contributed by atoms with van der Waals surface area (Å²) in [7, 11) is 0. The Kier molecular flexibility index (Phi) is 3.10. The minimum Gasteiger partial charge on any atom is -0.507 e. The lowest BCUT2D eigenvalue weighted by Crippen LogP contribution is -2.01. The molecule has 0 saturated heterocycles. The Hall–Kier alpha value is -1.54. The second-order valence-electron chi connectivity index (χ2n) is 2.64. The molecule has 0 aromatic heterocycles. The van der Waals surface area contributed by atoms with E-state index < -0.39 is 5.97 Å². The SMILES string of the molecule is N#Cc1cc(Br)c(CC(=O)O)cc1O. The van der Waals surface area contributed by atoms with E-state index in [4.69, 9.17) is 10.4 Å². The maximum Gasteiger partial charge on any atom is 0.307 e. The number of carbonyl (C=O) groups is 1. The lowest BCUT2D eigenvalue weighted by Gasteiger charge is -2.03. The molecule has 0 radical (unpaired) electrons. The molecule has 0 atom stereocenters. The largest absolute Gasteiger partial charge is 0.507 e. The normalized spacial score (nSPS) is 9.43. The minimum atomic E-state index is -0.991. The van der Waals surface area contributed by atoms with Crippen LogP contribution in [0.2, 0.25) is 0 Å². The Bertz CT molecular complexity index is 423. The number of hydrogen-bond acceptors (Lipinski definition) is 3. The summed E-state index contributed by atoms with van der Waals surface area (Å²) in [6.45, 7) is 0. The monoisotopic (exact) mass is 255 g/mol. The first-order valence-corrected chi connectivity index (χ1v) is 4.47. The van der Waals surface area contributed by atoms with Gasteiger partial charge in [0.2, 0.25) is 0 Å². The van der Waals surface area contributed by atoms with Crippen molar-refractivity contribution in [2.75, 3.05) is 0 Å². The van der Waals surface area contributed by atoms with E-state index >= 15 is 0 Å². The van der Waals surface area contributed by atoms with Gasteiger partial charge in [-0.3, -0.25) is 4.79 Å². The van der Waals surface area contributed by atoms with Gasteiger partial charge in [-0.2, -0.15) is 5.26 Å². The fraction of sp³-hybridized carbons (Fsp3) is 0.111. The topological polar surface area (TPSA) is 81.3 Å². The number of carboxylic acids is 1. The quantitative estimate of drug-likeness (QED) is 0.842. The average molecular weight is 256 g/mol. The van der Waals surface area contributed by atoms with E-state index in [1.54, 1.807) is 6.07 Å². The minimum absolute atomic E-state index is 0.117. The van der Waals surface area contributed by atoms with Crippen LogP contribution in [0.4, 0.5) is 0 Å². The highest BCUT2D eigenvalue weighted by molar-refractivity contribution is 9.10. The summed E-state index contributed by atoms with van der Waals surface area (Å²) in [6, 6.07) is 4.46. The average Bonchev–Trinajstić information content (AvgIpc) is 2.10. The zero-order chi connectivity index (χ0) is 10.7. The van der Waals surface area contributed by atoms with Crippen molar-refractivity contribution in [2.24, 2.45) is 0 Å². The molecule has 4 nitrogen and oxygen atoms in total. The summed E-state index contributed by atoms with van der Waals surface area (Å²) >= 11 is 3.13. The molecule has 0 bridgehead atoms. The summed E-state index contributed by atoms with van der Waals surface area (Å²) in [6.07, 6.45) is -0.195. The molecule has 0 spiro atoms. The molecular formula is C9H6BrNO3. The van der Waals surface area contributed by atoms with Crippen LogP contribution < -0.4 is 0 Å². The van der Waals surface area contributed by atoms with Crippen LogP contribution in [0.25, 0.3) is 0 Å². The first-order chi connectivity index (χ1) is 6.54. The Morgan fingerprint density at radius 1 is 1.57 bits per heavy atom. The predicted octanol–water partition coefficient (Wildman–Crippen LogP) is 1.65. The Morgan fingerprint density at radius 3 is 2.71 bits per heavy atom. The summed E-state index contributed by atoms with van der Waals surface area (Å²) in [5.74, 6) is -1.19. The molecule has 1 aromatic carbocycles. The van der Waals surface area contributed by atoms with Crippen molar-refractivity contribution in [2.45, 2.75) is 6.42 Å². The summed E-state index contributed by atoms with van der Waals surface area (Å²) < 4.78 is 0.509. The van der Waals surface area contributed by atoms with E-state index in [2.05, 4.69) is 15.9 Å². The molecule has 0 aliphatic heterocycles. The number of carboxylic acid groups (broad SMARTS) is 1. The smallest absolute Gasteiger partial charge is 0.307 e. The highest BCUT2D eigenvalue weighted by Gasteiger charge is 2.09. The van der Waals surface area contributed by atoms with Crippen LogP contribution in [-0.2, 0) is 11.2 Å². The van der Waals surface area contributed by atoms with E-state index in [-0.39, 0.29) is 17.7 Å². The van der Waals surface area contributed by atoms with Crippen molar-refractivity contribution in [3.8, 4) is 11.8 Å². The van der Waals surface area contributed by atoms with Gasteiger partial charge in [-0.25, -0.2) is 0 Å². The molecule has 0 heterocycles. The molecule has 2 N–H and O–H groups in total. The van der Waals surface area contributed by atoms with Crippen LogP contribution in [-0.4, -0.2) is 16.2 Å². The van der Waals surface area contributed by atoms with Gasteiger partial charge in [-0.1, -0.05) is 15.9 Å². The first kappa shape index (κ1) is 10.5. The van der Waals surface area contributed by atoms with Gasteiger partial charge >= 0.3 is 5.97 Å². The van der Waals surface area contributed by atoms with Gasteiger partial charge in [0.05, 0.1) is 12.0 Å². The number of nitrogens with zero attached hydrogens (tertiary/aromatic N) is 1. The van der Waals surface area contributed by atoms with E-state index in [0.29, 0.717) is 10.0 Å². The van der Waals surface area contributed by atoms with Crippen LogP contribution >= 0.6 is 15.9 Å². The highest BCUT2D eigenvalue weighted by Crippen LogP contribution is 2.26. The summed E-state index contributed by atoms with van der Waals surface area (Å²) in [4.78, 5) is 10.4. The summed E-state index contributed by atoms with van der Waals surface area (Å²) in [5, 5.41) is 26.4. The molecule has 14 heavy (non-hydrogen) atoms. The number of benzene rings is 1. The molecule has 0 aliphatic rings. The van der Waals surface area contributed by atoms with Crippen molar-refractivity contribution in [1.82, 2.24) is 0 Å². The third-order valence-electron chi connectivity index (χ3n) is 1.63. The fourth-order valence-electron chi connectivity index (χ4n) is 0.993. The number of phenols is 1. The van der Waals surface area contributed by atoms with E-state index in [1.165, 1.54) is 12.1 Å². The van der Waals surface area contributed by atoms with Crippen LogP contribution in [0.15, 0.2) is 16.6 Å². The number of aliphatic carboxylic acids is 1. The van der Waals surface area contributed by atoms with Crippen molar-refractivity contribution < 1.29 is 15.0 Å². The standard InChI is InChI=1S/C9H6BrNO3/c10-7-1-6(4-11)8(12)2-5(7)3-9(13)14/h1-2,12H,3H2,(H,13,14). The highest BCUT2D eigenvalue weighted by atomic mass is 79.9. The van der Waals surface area contributed by atoms with Gasteiger partial charge < -0.3 is 10.2 Å². The van der Waals surface area contributed by atoms with Crippen molar-refractivity contribution in [3.05, 3.63) is 27.7 Å². The maximum absolute atomic E-state index is 10.4. The lowest BCUT2D eigenvalue weighted by atomic mass is 10.1. The molecule has 1 rings (SSSR count). The molecule has 0 amide bonds. The van der Waals surface area contributed by atoms with E-state index in [1.807, 2.05) is 0 Å². The number of hydrogen-bond donors (Lipinski definition) is 2. The Balaban J connectivity index is 3.16. The van der Waals surface area contributed by atoms with Gasteiger partial charge in [0.1, 0.15) is 11.8 Å². The van der Waals surface area contributed by atoms with E-state index in [9.17, 15) is 9.90 Å². The molecule has 5 heteroatoms. The van der Waals surface area contributed by atoms with Crippen LogP contribution in [0.5, 0.6) is 5.75 Å².